The maximum atomic E-state index is 7.53. The Morgan fingerprint density at radius 2 is 2.12 bits per heavy atom. The molecule has 1 aromatic carbocycles. The highest BCUT2D eigenvalue weighted by Crippen LogP contribution is 2.10. The van der Waals surface area contributed by atoms with Gasteiger partial charge in [-0.3, -0.25) is 5.41 Å². The van der Waals surface area contributed by atoms with Crippen molar-refractivity contribution < 1.29 is 4.74 Å². The topological polar surface area (TPSA) is 62.3 Å². The molecule has 0 fully saturated rings. The highest BCUT2D eigenvalue weighted by atomic mass is 16.5. The van der Waals surface area contributed by atoms with Gasteiger partial charge in [-0.1, -0.05) is 24.3 Å². The van der Waals surface area contributed by atoms with E-state index in [0.717, 1.165) is 37.2 Å². The van der Waals surface area contributed by atoms with Gasteiger partial charge in [0.05, 0.1) is 0 Å². The Bertz CT molecular complexity index is 365. The van der Waals surface area contributed by atoms with E-state index in [0.29, 0.717) is 0 Å². The zero-order valence-electron chi connectivity index (χ0n) is 10.6. The van der Waals surface area contributed by atoms with E-state index in [1.807, 2.05) is 24.3 Å². The van der Waals surface area contributed by atoms with Crippen molar-refractivity contribution in [2.45, 2.75) is 13.0 Å². The van der Waals surface area contributed by atoms with Gasteiger partial charge in [-0.15, -0.1) is 0 Å². The predicted octanol–water partition coefficient (Wildman–Crippen LogP) is 1.44. The van der Waals surface area contributed by atoms with Crippen LogP contribution in [0.3, 0.4) is 0 Å². The van der Waals surface area contributed by atoms with Crippen molar-refractivity contribution in [3.63, 3.8) is 0 Å². The maximum Gasteiger partial charge on any atom is 0.123 e. The minimum Gasteiger partial charge on any atom is -0.385 e. The molecule has 0 saturated heterocycles. The second kappa shape index (κ2) is 7.04. The highest BCUT2D eigenvalue weighted by molar-refractivity contribution is 5.96. The summed E-state index contributed by atoms with van der Waals surface area (Å²) < 4.78 is 5.02. The Morgan fingerprint density at radius 3 is 2.76 bits per heavy atom. The Hall–Kier alpha value is -1.39. The van der Waals surface area contributed by atoms with Gasteiger partial charge in [0.25, 0.3) is 0 Å². The van der Waals surface area contributed by atoms with Crippen LogP contribution < -0.4 is 5.73 Å². The minimum atomic E-state index is 0.130. The standard InChI is InChI=1S/C13H21N3O/c1-16(8-5-9-17-2)10-11-6-3-4-7-12(11)13(14)15/h3-4,6-7H,5,8-10H2,1-2H3,(H3,14,15). The van der Waals surface area contributed by atoms with Crippen LogP contribution in [0.1, 0.15) is 17.5 Å². The molecule has 0 atom stereocenters. The molecule has 0 amide bonds. The van der Waals surface area contributed by atoms with Crippen molar-refractivity contribution in [2.24, 2.45) is 5.73 Å². The summed E-state index contributed by atoms with van der Waals surface area (Å²) in [6.45, 7) is 2.55. The average molecular weight is 235 g/mol. The first-order chi connectivity index (χ1) is 8.15. The van der Waals surface area contributed by atoms with Crippen LogP contribution in [0.4, 0.5) is 0 Å². The van der Waals surface area contributed by atoms with Crippen LogP contribution in [-0.4, -0.2) is 38.0 Å². The van der Waals surface area contributed by atoms with E-state index >= 15 is 0 Å². The van der Waals surface area contributed by atoms with Gasteiger partial charge in [-0.25, -0.2) is 0 Å². The van der Waals surface area contributed by atoms with E-state index in [2.05, 4.69) is 11.9 Å². The largest absolute Gasteiger partial charge is 0.385 e. The second-order valence-electron chi connectivity index (χ2n) is 4.15. The van der Waals surface area contributed by atoms with Gasteiger partial charge in [0.2, 0.25) is 0 Å². The van der Waals surface area contributed by atoms with Crippen LogP contribution in [-0.2, 0) is 11.3 Å². The molecule has 0 heterocycles. The van der Waals surface area contributed by atoms with Gasteiger partial charge in [0.1, 0.15) is 5.84 Å². The van der Waals surface area contributed by atoms with Gasteiger partial charge in [-0.2, -0.15) is 0 Å². The number of nitrogens with zero attached hydrogens (tertiary/aromatic N) is 1. The average Bonchev–Trinajstić information content (AvgIpc) is 2.29. The van der Waals surface area contributed by atoms with E-state index in [9.17, 15) is 0 Å². The lowest BCUT2D eigenvalue weighted by Crippen LogP contribution is -2.23. The third-order valence-corrected chi connectivity index (χ3v) is 2.64. The molecular weight excluding hydrogens is 214 g/mol. The molecule has 0 unspecified atom stereocenters. The lowest BCUT2D eigenvalue weighted by Gasteiger charge is -2.18. The lowest BCUT2D eigenvalue weighted by molar-refractivity contribution is 0.178. The molecular formula is C13H21N3O. The molecule has 0 radical (unpaired) electrons. The van der Waals surface area contributed by atoms with Gasteiger partial charge >= 0.3 is 0 Å². The minimum absolute atomic E-state index is 0.130. The SMILES string of the molecule is COCCCN(C)Cc1ccccc1C(=N)N. The first-order valence-electron chi connectivity index (χ1n) is 5.75. The number of ether oxygens (including phenoxy) is 1. The van der Waals surface area contributed by atoms with Crippen LogP contribution in [0.5, 0.6) is 0 Å². The van der Waals surface area contributed by atoms with Crippen molar-refractivity contribution in [1.29, 1.82) is 5.41 Å². The molecule has 1 aromatic rings. The summed E-state index contributed by atoms with van der Waals surface area (Å²) in [6, 6.07) is 7.79. The molecule has 17 heavy (non-hydrogen) atoms. The Balaban J connectivity index is 2.58. The van der Waals surface area contributed by atoms with Crippen molar-refractivity contribution >= 4 is 5.84 Å². The Kier molecular flexibility index (Phi) is 5.66. The number of hydrogen-bond donors (Lipinski definition) is 2. The monoisotopic (exact) mass is 235 g/mol. The fraction of sp³-hybridized carbons (Fsp3) is 0.462. The molecule has 1 rings (SSSR count). The van der Waals surface area contributed by atoms with Gasteiger partial charge in [0.15, 0.2) is 0 Å². The summed E-state index contributed by atoms with van der Waals surface area (Å²) in [5, 5.41) is 7.53. The number of hydrogen-bond acceptors (Lipinski definition) is 3. The summed E-state index contributed by atoms with van der Waals surface area (Å²) >= 11 is 0. The molecule has 0 aliphatic carbocycles. The van der Waals surface area contributed by atoms with Crippen LogP contribution in [0.25, 0.3) is 0 Å². The number of rotatable bonds is 7. The maximum absolute atomic E-state index is 7.53. The van der Waals surface area contributed by atoms with E-state index in [1.165, 1.54) is 0 Å². The molecule has 4 heteroatoms. The molecule has 4 nitrogen and oxygen atoms in total. The third kappa shape index (κ3) is 4.54. The normalized spacial score (nSPS) is 10.8. The zero-order chi connectivity index (χ0) is 12.7. The van der Waals surface area contributed by atoms with Crippen molar-refractivity contribution in [3.05, 3.63) is 35.4 Å². The Morgan fingerprint density at radius 1 is 1.41 bits per heavy atom. The zero-order valence-corrected chi connectivity index (χ0v) is 10.6. The predicted molar refractivity (Wildman–Crippen MR) is 70.3 cm³/mol. The van der Waals surface area contributed by atoms with Gasteiger partial charge < -0.3 is 15.4 Å². The summed E-state index contributed by atoms with van der Waals surface area (Å²) in [7, 11) is 3.78. The van der Waals surface area contributed by atoms with Crippen molar-refractivity contribution in [1.82, 2.24) is 4.90 Å². The summed E-state index contributed by atoms with van der Waals surface area (Å²) in [5.41, 5.74) is 7.48. The van der Waals surface area contributed by atoms with Crippen molar-refractivity contribution in [3.8, 4) is 0 Å². The number of nitrogens with two attached hydrogens (primary N) is 1. The van der Waals surface area contributed by atoms with E-state index < -0.39 is 0 Å². The second-order valence-corrected chi connectivity index (χ2v) is 4.15. The highest BCUT2D eigenvalue weighted by Gasteiger charge is 2.06. The van der Waals surface area contributed by atoms with E-state index in [4.69, 9.17) is 15.9 Å². The molecule has 94 valence electrons. The van der Waals surface area contributed by atoms with Crippen LogP contribution in [0.2, 0.25) is 0 Å². The first-order valence-corrected chi connectivity index (χ1v) is 5.75. The molecule has 0 aromatic heterocycles. The van der Waals surface area contributed by atoms with E-state index in [-0.39, 0.29) is 5.84 Å². The molecule has 0 bridgehead atoms. The smallest absolute Gasteiger partial charge is 0.123 e. The molecule has 3 N–H and O–H groups in total. The number of amidine groups is 1. The lowest BCUT2D eigenvalue weighted by atomic mass is 10.1. The molecule has 0 aliphatic heterocycles. The van der Waals surface area contributed by atoms with Crippen molar-refractivity contribution in [2.75, 3.05) is 27.3 Å². The fourth-order valence-electron chi connectivity index (χ4n) is 1.77. The third-order valence-electron chi connectivity index (χ3n) is 2.64. The number of nitrogen functional groups attached to an aromatic ring is 1. The van der Waals surface area contributed by atoms with E-state index in [1.54, 1.807) is 7.11 Å². The summed E-state index contributed by atoms with van der Waals surface area (Å²) in [6.07, 6.45) is 1.01. The Labute approximate surface area is 103 Å². The van der Waals surface area contributed by atoms with Crippen LogP contribution in [0.15, 0.2) is 24.3 Å². The summed E-state index contributed by atoms with van der Waals surface area (Å²) in [5.74, 6) is 0.130. The van der Waals surface area contributed by atoms with Crippen LogP contribution >= 0.6 is 0 Å². The number of methoxy groups -OCH3 is 1. The molecule has 0 spiro atoms. The molecule has 0 aliphatic rings. The fourth-order valence-corrected chi connectivity index (χ4v) is 1.77. The first kappa shape index (κ1) is 13.7. The van der Waals surface area contributed by atoms with Gasteiger partial charge in [-0.05, 0) is 19.0 Å². The van der Waals surface area contributed by atoms with Crippen LogP contribution in [0, 0.1) is 5.41 Å². The van der Waals surface area contributed by atoms with Gasteiger partial charge in [0, 0.05) is 32.4 Å². The molecule has 0 saturated carbocycles. The number of nitrogens with one attached hydrogen (secondary N) is 1. The summed E-state index contributed by atoms with van der Waals surface area (Å²) in [4.78, 5) is 2.21. The number of benzene rings is 1. The quantitative estimate of drug-likeness (QED) is 0.427.